The molecule has 1 aromatic carbocycles. The summed E-state index contributed by atoms with van der Waals surface area (Å²) in [6.07, 6.45) is 18.5. The number of nitrogens with zero attached hydrogens (tertiary/aromatic N) is 1. The van der Waals surface area contributed by atoms with Crippen molar-refractivity contribution in [2.45, 2.75) is 101 Å². The van der Waals surface area contributed by atoms with Gasteiger partial charge in [-0.25, -0.2) is 4.79 Å². The minimum Gasteiger partial charge on any atom is -0.492 e. The number of cyclic esters (lactones) is 1. The van der Waals surface area contributed by atoms with Crippen LogP contribution in [-0.4, -0.2) is 82.8 Å². The van der Waals surface area contributed by atoms with Crippen molar-refractivity contribution in [1.82, 2.24) is 4.90 Å². The molecule has 4 aliphatic carbocycles. The molecule has 0 amide bonds. The van der Waals surface area contributed by atoms with Gasteiger partial charge in [-0.1, -0.05) is 89.3 Å². The Morgan fingerprint density at radius 1 is 0.982 bits per heavy atom. The van der Waals surface area contributed by atoms with E-state index in [0.717, 1.165) is 56.1 Å². The fourth-order valence-electron chi connectivity index (χ4n) is 14.1. The average molecular weight is 802 g/mol. The standard InChI is InChI=1S/C46H59NO7S2/c1-52-42-35(23-49)45(51)54-44(42)43-34(22-48)38-36-19-32-33-21-46(39(32)28-10-3-2-4-11-28)16-15-26(20-46)24-55-56-25-30-14-13-29(27-8-5-6-9-27)18-31(30)41(50)40(33)47(36)17-7-12-37(38)53-43/h2-4,10-12,14,26-27,29,31-34,36,38-41,48-50H,5-9,13,15-25H2,1H3/t26-,29+,31-,32-,33+,34-,36+,38-,39+,40-,41-,46-/m0/s1. The molecule has 5 aliphatic heterocycles. The third-order valence-electron chi connectivity index (χ3n) is 16.3. The van der Waals surface area contributed by atoms with Gasteiger partial charge in [-0.15, -0.1) is 0 Å². The van der Waals surface area contributed by atoms with E-state index in [-0.39, 0.29) is 53.0 Å². The van der Waals surface area contributed by atoms with E-state index in [0.29, 0.717) is 35.3 Å². The Morgan fingerprint density at radius 2 is 1.82 bits per heavy atom. The number of esters is 1. The summed E-state index contributed by atoms with van der Waals surface area (Å²) in [7, 11) is 5.58. The topological polar surface area (TPSA) is 109 Å². The predicted octanol–water partition coefficient (Wildman–Crippen LogP) is 7.74. The van der Waals surface area contributed by atoms with Gasteiger partial charge in [0.05, 0.1) is 32.3 Å². The van der Waals surface area contributed by atoms with Gasteiger partial charge in [-0.05, 0) is 104 Å². The molecule has 1 aromatic rings. The van der Waals surface area contributed by atoms with Crippen LogP contribution in [0, 0.1) is 52.8 Å². The minimum absolute atomic E-state index is 0.0129. The molecule has 302 valence electrons. The molecule has 3 bridgehead atoms. The predicted molar refractivity (Wildman–Crippen MR) is 219 cm³/mol. The summed E-state index contributed by atoms with van der Waals surface area (Å²) >= 11 is 0. The van der Waals surface area contributed by atoms with Crippen LogP contribution in [0.4, 0.5) is 0 Å². The first kappa shape index (κ1) is 38.0. The van der Waals surface area contributed by atoms with Crippen LogP contribution in [0.1, 0.15) is 88.5 Å². The molecule has 5 heterocycles. The fraction of sp³-hybridized carbons (Fsp3) is 0.674. The first-order valence-corrected chi connectivity index (χ1v) is 24.2. The lowest BCUT2D eigenvalue weighted by Gasteiger charge is -2.54. The summed E-state index contributed by atoms with van der Waals surface area (Å²) in [5.41, 5.74) is 3.19. The van der Waals surface area contributed by atoms with Crippen LogP contribution >= 0.6 is 21.6 Å². The molecule has 9 aliphatic rings. The molecule has 10 rings (SSSR count). The number of methoxy groups -OCH3 is 1. The Kier molecular flexibility index (Phi) is 10.5. The lowest BCUT2D eigenvalue weighted by atomic mass is 9.64. The van der Waals surface area contributed by atoms with Crippen LogP contribution < -0.4 is 0 Å². The SMILES string of the molecule is COC1=C(CO)C(=O)OC1=C1OC2=CCCN3[C@@H]4[C@@H](O)[C@H]5C[C@H](C6CCCC6)CC=C5CSSC[C@H]5CC[C@]6(C5)C[C@@H]4[C@H](C[C@@H]3[C@@H]2[C@@H]1CO)[C@H]6c1ccccc1. The second kappa shape index (κ2) is 15.4. The van der Waals surface area contributed by atoms with E-state index >= 15 is 0 Å². The molecular weight excluding hydrogens is 743 g/mol. The Morgan fingerprint density at radius 3 is 2.61 bits per heavy atom. The second-order valence-corrected chi connectivity index (χ2v) is 21.2. The van der Waals surface area contributed by atoms with Crippen molar-refractivity contribution in [2.24, 2.45) is 52.8 Å². The van der Waals surface area contributed by atoms with Crippen LogP contribution in [0.15, 0.2) is 76.7 Å². The number of aliphatic hydroxyl groups is 3. The highest BCUT2D eigenvalue weighted by Crippen LogP contribution is 2.69. The number of hydrogen-bond acceptors (Lipinski definition) is 10. The summed E-state index contributed by atoms with van der Waals surface area (Å²) in [4.78, 5) is 15.6. The smallest absolute Gasteiger partial charge is 0.345 e. The monoisotopic (exact) mass is 801 g/mol. The molecule has 12 atom stereocenters. The van der Waals surface area contributed by atoms with Crippen molar-refractivity contribution < 1.29 is 34.3 Å². The Hall–Kier alpha value is -2.21. The van der Waals surface area contributed by atoms with Gasteiger partial charge in [0.15, 0.2) is 11.5 Å². The summed E-state index contributed by atoms with van der Waals surface area (Å²) in [5.74, 6) is 5.89. The zero-order chi connectivity index (χ0) is 38.1. The van der Waals surface area contributed by atoms with E-state index in [1.165, 1.54) is 68.9 Å². The summed E-state index contributed by atoms with van der Waals surface area (Å²) in [5, 5.41) is 34.8. The van der Waals surface area contributed by atoms with Gasteiger partial charge in [-0.3, -0.25) is 4.90 Å². The normalized spacial score (nSPS) is 42.6. The molecule has 10 heteroatoms. The first-order chi connectivity index (χ1) is 27.4. The quantitative estimate of drug-likeness (QED) is 0.156. The third-order valence-corrected chi connectivity index (χ3v) is 18.8. The van der Waals surface area contributed by atoms with Gasteiger partial charge >= 0.3 is 5.97 Å². The molecule has 0 radical (unpaired) electrons. The highest BCUT2D eigenvalue weighted by atomic mass is 33.1. The lowest BCUT2D eigenvalue weighted by Crippen LogP contribution is -2.62. The number of piperidine rings is 1. The number of fused-ring (bicyclic) bond motifs is 6. The second-order valence-electron chi connectivity index (χ2n) is 18.7. The highest BCUT2D eigenvalue weighted by Gasteiger charge is 2.64. The Bertz CT molecular complexity index is 1800. The molecule has 3 saturated heterocycles. The number of hydrogen-bond donors (Lipinski definition) is 3. The lowest BCUT2D eigenvalue weighted by molar-refractivity contribution is -0.134. The molecule has 56 heavy (non-hydrogen) atoms. The van der Waals surface area contributed by atoms with Gasteiger partial charge in [0.25, 0.3) is 0 Å². The third kappa shape index (κ3) is 6.20. The Balaban J connectivity index is 1.10. The molecule has 0 aromatic heterocycles. The zero-order valence-corrected chi connectivity index (χ0v) is 34.4. The van der Waals surface area contributed by atoms with Gasteiger partial charge in [0.2, 0.25) is 5.76 Å². The number of carbonyl (C=O) groups excluding carboxylic acids is 1. The van der Waals surface area contributed by atoms with Gasteiger partial charge < -0.3 is 29.5 Å². The first-order valence-electron chi connectivity index (χ1n) is 21.7. The fourth-order valence-corrected chi connectivity index (χ4v) is 16.8. The number of rotatable bonds is 5. The van der Waals surface area contributed by atoms with Crippen molar-refractivity contribution in [3.63, 3.8) is 0 Å². The van der Waals surface area contributed by atoms with Crippen molar-refractivity contribution in [2.75, 3.05) is 38.4 Å². The van der Waals surface area contributed by atoms with Crippen molar-refractivity contribution in [1.29, 1.82) is 0 Å². The number of ether oxygens (including phenoxy) is 3. The van der Waals surface area contributed by atoms with E-state index in [2.05, 4.69) is 58.2 Å². The largest absolute Gasteiger partial charge is 0.492 e. The van der Waals surface area contributed by atoms with E-state index < -0.39 is 24.6 Å². The van der Waals surface area contributed by atoms with E-state index in [4.69, 9.17) is 14.2 Å². The van der Waals surface area contributed by atoms with Gasteiger partial charge in [0, 0.05) is 42.0 Å². The van der Waals surface area contributed by atoms with E-state index in [9.17, 15) is 20.1 Å². The van der Waals surface area contributed by atoms with Crippen LogP contribution in [0.5, 0.6) is 0 Å². The van der Waals surface area contributed by atoms with E-state index in [1.54, 1.807) is 0 Å². The zero-order valence-electron chi connectivity index (χ0n) is 32.7. The number of benzene rings is 1. The van der Waals surface area contributed by atoms with Crippen LogP contribution in [0.2, 0.25) is 0 Å². The van der Waals surface area contributed by atoms with Crippen LogP contribution in [-0.2, 0) is 19.0 Å². The maximum Gasteiger partial charge on any atom is 0.345 e. The minimum atomic E-state index is -0.646. The van der Waals surface area contributed by atoms with Crippen molar-refractivity contribution in [3.05, 3.63) is 82.2 Å². The summed E-state index contributed by atoms with van der Waals surface area (Å²) in [6.45, 7) is 0.147. The maximum atomic E-state index is 13.4. The molecule has 3 N–H and O–H groups in total. The molecule has 0 unspecified atom stereocenters. The van der Waals surface area contributed by atoms with Gasteiger partial charge in [0.1, 0.15) is 11.3 Å². The molecule has 8 nitrogen and oxygen atoms in total. The maximum absolute atomic E-state index is 13.4. The Labute approximate surface area is 340 Å². The van der Waals surface area contributed by atoms with Crippen molar-refractivity contribution in [3.8, 4) is 0 Å². The highest BCUT2D eigenvalue weighted by molar-refractivity contribution is 8.76. The summed E-state index contributed by atoms with van der Waals surface area (Å²) in [6, 6.07) is 11.3. The number of carbonyl (C=O) groups is 1. The van der Waals surface area contributed by atoms with Crippen molar-refractivity contribution >= 4 is 27.6 Å². The number of aliphatic hydroxyl groups excluding tert-OH is 3. The number of allylic oxidation sites excluding steroid dienone is 1. The van der Waals surface area contributed by atoms with E-state index in [1.807, 2.05) is 10.8 Å². The summed E-state index contributed by atoms with van der Waals surface area (Å²) < 4.78 is 18.1. The van der Waals surface area contributed by atoms with Crippen LogP contribution in [0.25, 0.3) is 0 Å². The average Bonchev–Trinajstić information content (AvgIpc) is 4.05. The van der Waals surface area contributed by atoms with Gasteiger partial charge in [-0.2, -0.15) is 0 Å². The molecule has 1 spiro atoms. The molecule has 6 fully saturated rings. The molecule has 3 saturated carbocycles. The van der Waals surface area contributed by atoms with Crippen LogP contribution in [0.3, 0.4) is 0 Å². The molecular formula is C46H59NO7S2.